The number of amides is 2. The SMILES string of the molecule is N#CC1(NC(=O)CN2C(=O)C3(CCC(Oc4cnc5[nH]ncc5c4)CC3)c3ccccc32)CC1.[HH].[HH]. The van der Waals surface area contributed by atoms with Crippen LogP contribution in [-0.2, 0) is 15.0 Å². The van der Waals surface area contributed by atoms with Crippen molar-refractivity contribution in [2.75, 3.05) is 11.4 Å². The van der Waals surface area contributed by atoms with Crippen LogP contribution < -0.4 is 15.0 Å². The Hall–Kier alpha value is -3.93. The third-order valence-corrected chi connectivity index (χ3v) is 7.36. The number of nitriles is 1. The van der Waals surface area contributed by atoms with Gasteiger partial charge in [-0.3, -0.25) is 14.7 Å². The van der Waals surface area contributed by atoms with Gasteiger partial charge in [0, 0.05) is 13.9 Å². The van der Waals surface area contributed by atoms with E-state index >= 15 is 0 Å². The van der Waals surface area contributed by atoms with Gasteiger partial charge >= 0.3 is 0 Å². The summed E-state index contributed by atoms with van der Waals surface area (Å²) < 4.78 is 6.20. The van der Waals surface area contributed by atoms with Gasteiger partial charge in [-0.2, -0.15) is 10.4 Å². The molecule has 176 valence electrons. The van der Waals surface area contributed by atoms with Gasteiger partial charge < -0.3 is 15.0 Å². The summed E-state index contributed by atoms with van der Waals surface area (Å²) >= 11 is 0. The molecule has 9 heteroatoms. The van der Waals surface area contributed by atoms with Crippen LogP contribution in [-0.4, -0.2) is 45.2 Å². The van der Waals surface area contributed by atoms with Crippen molar-refractivity contribution in [3.63, 3.8) is 0 Å². The van der Waals surface area contributed by atoms with Crippen molar-refractivity contribution in [1.82, 2.24) is 20.5 Å². The van der Waals surface area contributed by atoms with E-state index in [4.69, 9.17) is 4.74 Å². The van der Waals surface area contributed by atoms with E-state index in [0.717, 1.165) is 35.1 Å². The maximum Gasteiger partial charge on any atom is 0.241 e. The first kappa shape index (κ1) is 20.7. The number of hydrogen-bond donors (Lipinski definition) is 2. The summed E-state index contributed by atoms with van der Waals surface area (Å²) in [6.07, 6.45) is 7.45. The number of aromatic amines is 1. The van der Waals surface area contributed by atoms with E-state index in [0.29, 0.717) is 31.4 Å². The van der Waals surface area contributed by atoms with Crippen LogP contribution in [0.25, 0.3) is 11.0 Å². The third kappa shape index (κ3) is 3.29. The fraction of sp³-hybridized carbons (Fsp3) is 0.400. The fourth-order valence-electron chi connectivity index (χ4n) is 5.35. The zero-order valence-electron chi connectivity index (χ0n) is 18.6. The summed E-state index contributed by atoms with van der Waals surface area (Å²) in [6, 6.07) is 11.8. The van der Waals surface area contributed by atoms with Gasteiger partial charge in [-0.1, -0.05) is 18.2 Å². The molecule has 6 rings (SSSR count). The van der Waals surface area contributed by atoms with Gasteiger partial charge in [-0.05, 0) is 56.2 Å². The number of ether oxygens (including phenoxy) is 1. The predicted octanol–water partition coefficient (Wildman–Crippen LogP) is 3.23. The Bertz CT molecular complexity index is 1340. The van der Waals surface area contributed by atoms with E-state index in [2.05, 4.69) is 26.6 Å². The highest BCUT2D eigenvalue weighted by Crippen LogP contribution is 2.50. The molecule has 1 aromatic carbocycles. The number of hydrogen-bond acceptors (Lipinski definition) is 6. The minimum atomic E-state index is -0.749. The first-order valence-corrected chi connectivity index (χ1v) is 11.6. The van der Waals surface area contributed by atoms with E-state index in [1.165, 1.54) is 0 Å². The topological polar surface area (TPSA) is 124 Å². The van der Waals surface area contributed by atoms with Crippen molar-refractivity contribution >= 4 is 28.5 Å². The molecule has 3 aliphatic rings. The molecule has 3 heterocycles. The molecule has 1 aliphatic heterocycles. The number of aromatic nitrogens is 3. The Labute approximate surface area is 199 Å². The maximum absolute atomic E-state index is 13.7. The summed E-state index contributed by atoms with van der Waals surface area (Å²) in [5.41, 5.74) is 1.10. The maximum atomic E-state index is 13.7. The van der Waals surface area contributed by atoms with E-state index in [1.54, 1.807) is 17.3 Å². The van der Waals surface area contributed by atoms with Crippen molar-refractivity contribution in [3.05, 3.63) is 48.3 Å². The van der Waals surface area contributed by atoms with Gasteiger partial charge in [-0.15, -0.1) is 0 Å². The molecule has 2 aliphatic carbocycles. The molecular formula is C25H28N6O3. The van der Waals surface area contributed by atoms with Crippen LogP contribution in [0.15, 0.2) is 42.7 Å². The number of para-hydroxylation sites is 1. The molecule has 0 unspecified atom stereocenters. The van der Waals surface area contributed by atoms with Gasteiger partial charge in [0.05, 0.1) is 30.0 Å². The second-order valence-corrected chi connectivity index (χ2v) is 9.53. The molecule has 2 aromatic heterocycles. The zero-order chi connectivity index (χ0) is 23.3. The Morgan fingerprint density at radius 3 is 2.82 bits per heavy atom. The third-order valence-electron chi connectivity index (χ3n) is 7.36. The van der Waals surface area contributed by atoms with Crippen molar-refractivity contribution in [2.45, 2.75) is 55.6 Å². The summed E-state index contributed by atoms with van der Waals surface area (Å²) in [6.45, 7) is -0.0721. The van der Waals surface area contributed by atoms with Gasteiger partial charge in [-0.25, -0.2) is 4.98 Å². The quantitative estimate of drug-likeness (QED) is 0.602. The summed E-state index contributed by atoms with van der Waals surface area (Å²) in [7, 11) is 0. The van der Waals surface area contributed by atoms with Crippen LogP contribution in [0.2, 0.25) is 0 Å². The van der Waals surface area contributed by atoms with Gasteiger partial charge in [0.1, 0.15) is 17.8 Å². The molecule has 0 radical (unpaired) electrons. The lowest BCUT2D eigenvalue weighted by Crippen LogP contribution is -2.48. The van der Waals surface area contributed by atoms with Crippen molar-refractivity contribution in [2.24, 2.45) is 0 Å². The van der Waals surface area contributed by atoms with Gasteiger partial charge in [0.15, 0.2) is 5.65 Å². The highest BCUT2D eigenvalue weighted by Gasteiger charge is 2.53. The van der Waals surface area contributed by atoms with Crippen LogP contribution in [0.4, 0.5) is 5.69 Å². The average Bonchev–Trinajstić information content (AvgIpc) is 3.40. The number of rotatable bonds is 5. The summed E-state index contributed by atoms with van der Waals surface area (Å²) in [5, 5.41) is 19.8. The molecule has 2 N–H and O–H groups in total. The number of H-pyrrole nitrogens is 1. The summed E-state index contributed by atoms with van der Waals surface area (Å²) in [5.74, 6) is 0.363. The number of carbonyl (C=O) groups excluding carboxylic acids is 2. The molecule has 1 spiro atoms. The van der Waals surface area contributed by atoms with Gasteiger partial charge in [0.25, 0.3) is 0 Å². The number of carbonyl (C=O) groups is 2. The first-order valence-electron chi connectivity index (χ1n) is 11.6. The smallest absolute Gasteiger partial charge is 0.241 e. The molecule has 0 atom stereocenters. The Kier molecular flexibility index (Phi) is 4.59. The number of pyridine rings is 1. The van der Waals surface area contributed by atoms with Crippen LogP contribution in [0.5, 0.6) is 5.75 Å². The van der Waals surface area contributed by atoms with Crippen LogP contribution in [0, 0.1) is 11.3 Å². The van der Waals surface area contributed by atoms with Crippen LogP contribution in [0.1, 0.15) is 46.9 Å². The normalized spacial score (nSPS) is 24.6. The van der Waals surface area contributed by atoms with Crippen LogP contribution in [0.3, 0.4) is 0 Å². The highest BCUT2D eigenvalue weighted by molar-refractivity contribution is 6.10. The largest absolute Gasteiger partial charge is 0.489 e. The predicted molar refractivity (Wildman–Crippen MR) is 127 cm³/mol. The average molecular weight is 461 g/mol. The molecule has 2 fully saturated rings. The zero-order valence-corrected chi connectivity index (χ0v) is 18.6. The molecular weight excluding hydrogens is 432 g/mol. The number of fused-ring (bicyclic) bond motifs is 3. The summed E-state index contributed by atoms with van der Waals surface area (Å²) in [4.78, 5) is 32.3. The van der Waals surface area contributed by atoms with Crippen LogP contribution >= 0.6 is 0 Å². The lowest BCUT2D eigenvalue weighted by atomic mass is 9.69. The number of anilines is 1. The van der Waals surface area contributed by atoms with Gasteiger partial charge in [0.2, 0.25) is 11.8 Å². The number of benzene rings is 1. The Morgan fingerprint density at radius 2 is 2.06 bits per heavy atom. The first-order chi connectivity index (χ1) is 16.5. The molecule has 3 aromatic rings. The molecule has 2 saturated carbocycles. The molecule has 2 amide bonds. The minimum absolute atomic E-state index is 0. The van der Waals surface area contributed by atoms with E-state index in [-0.39, 0.29) is 27.3 Å². The Morgan fingerprint density at radius 1 is 1.26 bits per heavy atom. The lowest BCUT2D eigenvalue weighted by Gasteiger charge is -2.36. The second kappa shape index (κ2) is 7.55. The van der Waals surface area contributed by atoms with Crippen molar-refractivity contribution in [1.29, 1.82) is 5.26 Å². The van der Waals surface area contributed by atoms with Crippen molar-refractivity contribution in [3.8, 4) is 11.8 Å². The highest BCUT2D eigenvalue weighted by atomic mass is 16.5. The van der Waals surface area contributed by atoms with E-state index in [9.17, 15) is 14.9 Å². The molecule has 0 bridgehead atoms. The molecule has 34 heavy (non-hydrogen) atoms. The molecule has 0 saturated heterocycles. The fourth-order valence-corrected chi connectivity index (χ4v) is 5.35. The molecule has 9 nitrogen and oxygen atoms in total. The lowest BCUT2D eigenvalue weighted by molar-refractivity contribution is -0.127. The number of nitrogens with zero attached hydrogens (tertiary/aromatic N) is 4. The van der Waals surface area contributed by atoms with E-state index < -0.39 is 11.0 Å². The minimum Gasteiger partial charge on any atom is -0.489 e. The number of nitrogens with one attached hydrogen (secondary N) is 2. The van der Waals surface area contributed by atoms with Crippen molar-refractivity contribution < 1.29 is 17.2 Å². The Balaban J connectivity index is 0.00000152. The monoisotopic (exact) mass is 460 g/mol. The standard InChI is InChI=1S/C25H24N6O3.2H2/c26-15-24(9-10-24)29-21(32)14-31-20-4-2-1-3-19(20)25(23(31)33)7-5-17(6-8-25)34-18-11-16-12-28-30-22(16)27-13-18;;/h1-4,11-13,17H,5-10,14H2,(H,29,32)(H,27,28,30);2*1H. The second-order valence-electron chi connectivity index (χ2n) is 9.53. The van der Waals surface area contributed by atoms with E-state index in [1.807, 2.05) is 30.3 Å².